The van der Waals surface area contributed by atoms with Crippen molar-refractivity contribution in [3.63, 3.8) is 0 Å². The summed E-state index contributed by atoms with van der Waals surface area (Å²) in [6, 6.07) is 9.99. The van der Waals surface area contributed by atoms with E-state index in [0.717, 1.165) is 0 Å². The van der Waals surface area contributed by atoms with Crippen molar-refractivity contribution in [3.05, 3.63) is 35.9 Å². The Balaban J connectivity index is 2.09. The van der Waals surface area contributed by atoms with Crippen LogP contribution in [0.25, 0.3) is 0 Å². The molecular weight excluding hydrogens is 218 g/mol. The van der Waals surface area contributed by atoms with E-state index in [4.69, 9.17) is 5.11 Å². The van der Waals surface area contributed by atoms with Crippen molar-refractivity contribution < 1.29 is 15.0 Å². The summed E-state index contributed by atoms with van der Waals surface area (Å²) in [5.41, 5.74) is 1.18. The van der Waals surface area contributed by atoms with Gasteiger partial charge in [-0.15, -0.1) is 0 Å². The van der Waals surface area contributed by atoms with Crippen molar-refractivity contribution in [3.8, 4) is 0 Å². The Morgan fingerprint density at radius 2 is 2.00 bits per heavy atom. The van der Waals surface area contributed by atoms with Crippen molar-refractivity contribution in [1.82, 2.24) is 4.90 Å². The first-order valence-corrected chi connectivity index (χ1v) is 5.80. The van der Waals surface area contributed by atoms with Gasteiger partial charge in [0.15, 0.2) is 0 Å². The van der Waals surface area contributed by atoms with Gasteiger partial charge in [0.1, 0.15) is 0 Å². The zero-order chi connectivity index (χ0) is 12.3. The Morgan fingerprint density at radius 1 is 1.29 bits per heavy atom. The van der Waals surface area contributed by atoms with Crippen LogP contribution in [-0.4, -0.2) is 47.3 Å². The van der Waals surface area contributed by atoms with Gasteiger partial charge in [-0.1, -0.05) is 30.3 Å². The molecule has 0 aliphatic carbocycles. The smallest absolute Gasteiger partial charge is 0.317 e. The lowest BCUT2D eigenvalue weighted by Gasteiger charge is -2.16. The minimum atomic E-state index is -0.810. The van der Waals surface area contributed by atoms with Crippen LogP contribution in [0.2, 0.25) is 0 Å². The van der Waals surface area contributed by atoms with Gasteiger partial charge in [0.25, 0.3) is 0 Å². The highest BCUT2D eigenvalue weighted by atomic mass is 16.4. The molecule has 0 spiro atoms. The van der Waals surface area contributed by atoms with E-state index in [1.165, 1.54) is 5.56 Å². The summed E-state index contributed by atoms with van der Waals surface area (Å²) >= 11 is 0. The predicted molar refractivity (Wildman–Crippen MR) is 63.8 cm³/mol. The summed E-state index contributed by atoms with van der Waals surface area (Å²) in [5.74, 6) is -0.437. The average Bonchev–Trinajstić information content (AvgIpc) is 2.72. The number of aliphatic hydroxyl groups is 1. The molecule has 2 rings (SSSR count). The Bertz CT molecular complexity index is 380. The highest BCUT2D eigenvalue weighted by Crippen LogP contribution is 2.31. The molecule has 2 atom stereocenters. The Kier molecular flexibility index (Phi) is 3.76. The second kappa shape index (κ2) is 5.29. The standard InChI is InChI=1S/C13H17NO3/c15-9-11-6-14(8-13(16)17)7-12(11)10-4-2-1-3-5-10/h1-5,11-12,15H,6-9H2,(H,16,17)/t11-,12-/m0/s1. The van der Waals surface area contributed by atoms with E-state index in [1.54, 1.807) is 0 Å². The summed E-state index contributed by atoms with van der Waals surface area (Å²) in [6.07, 6.45) is 0. The largest absolute Gasteiger partial charge is 0.480 e. The van der Waals surface area contributed by atoms with Crippen molar-refractivity contribution in [1.29, 1.82) is 0 Å². The first-order chi connectivity index (χ1) is 8.20. The van der Waals surface area contributed by atoms with Crippen LogP contribution in [0.15, 0.2) is 30.3 Å². The van der Waals surface area contributed by atoms with Gasteiger partial charge in [-0.3, -0.25) is 9.69 Å². The van der Waals surface area contributed by atoms with Crippen LogP contribution < -0.4 is 0 Å². The maximum atomic E-state index is 10.7. The third-order valence-electron chi connectivity index (χ3n) is 3.34. The van der Waals surface area contributed by atoms with Crippen molar-refractivity contribution in [2.75, 3.05) is 26.2 Å². The number of hydrogen-bond acceptors (Lipinski definition) is 3. The van der Waals surface area contributed by atoms with E-state index in [2.05, 4.69) is 0 Å². The van der Waals surface area contributed by atoms with Crippen molar-refractivity contribution >= 4 is 5.97 Å². The zero-order valence-corrected chi connectivity index (χ0v) is 9.62. The molecule has 0 amide bonds. The van der Waals surface area contributed by atoms with E-state index in [1.807, 2.05) is 35.2 Å². The first-order valence-electron chi connectivity index (χ1n) is 5.80. The monoisotopic (exact) mass is 235 g/mol. The van der Waals surface area contributed by atoms with Crippen LogP contribution in [-0.2, 0) is 4.79 Å². The van der Waals surface area contributed by atoms with Crippen LogP contribution in [0.1, 0.15) is 11.5 Å². The lowest BCUT2D eigenvalue weighted by molar-refractivity contribution is -0.138. The van der Waals surface area contributed by atoms with Gasteiger partial charge >= 0.3 is 5.97 Å². The van der Waals surface area contributed by atoms with Gasteiger partial charge in [0, 0.05) is 31.5 Å². The number of carboxylic acids is 1. The SMILES string of the molecule is O=C(O)CN1C[C@@H](CO)[C@H](c2ccccc2)C1. The number of benzene rings is 1. The molecule has 2 N–H and O–H groups in total. The summed E-state index contributed by atoms with van der Waals surface area (Å²) in [5, 5.41) is 18.2. The first kappa shape index (κ1) is 12.1. The fourth-order valence-corrected chi connectivity index (χ4v) is 2.54. The Labute approximate surface area is 100 Å². The van der Waals surface area contributed by atoms with Crippen LogP contribution >= 0.6 is 0 Å². The molecule has 4 heteroatoms. The van der Waals surface area contributed by atoms with Crippen LogP contribution in [0.5, 0.6) is 0 Å². The molecule has 1 fully saturated rings. The molecule has 1 heterocycles. The molecule has 1 saturated heterocycles. The summed E-state index contributed by atoms with van der Waals surface area (Å²) < 4.78 is 0. The quantitative estimate of drug-likeness (QED) is 0.809. The number of aliphatic hydroxyl groups excluding tert-OH is 1. The third kappa shape index (κ3) is 2.84. The molecule has 0 unspecified atom stereocenters. The molecule has 1 aliphatic rings. The van der Waals surface area contributed by atoms with E-state index >= 15 is 0 Å². The fraction of sp³-hybridized carbons (Fsp3) is 0.462. The second-order valence-corrected chi connectivity index (χ2v) is 4.55. The van der Waals surface area contributed by atoms with Gasteiger partial charge in [-0.2, -0.15) is 0 Å². The molecule has 0 aromatic heterocycles. The number of carboxylic acid groups (broad SMARTS) is 1. The number of hydrogen-bond donors (Lipinski definition) is 2. The van der Waals surface area contributed by atoms with E-state index in [0.29, 0.717) is 13.1 Å². The number of aliphatic carboxylic acids is 1. The molecule has 1 aliphatic heterocycles. The van der Waals surface area contributed by atoms with Crippen molar-refractivity contribution in [2.45, 2.75) is 5.92 Å². The Hall–Kier alpha value is -1.39. The molecule has 1 aromatic carbocycles. The maximum absolute atomic E-state index is 10.7. The lowest BCUT2D eigenvalue weighted by atomic mass is 9.90. The van der Waals surface area contributed by atoms with Crippen molar-refractivity contribution in [2.24, 2.45) is 5.92 Å². The highest BCUT2D eigenvalue weighted by molar-refractivity contribution is 5.69. The lowest BCUT2D eigenvalue weighted by Crippen LogP contribution is -2.27. The third-order valence-corrected chi connectivity index (χ3v) is 3.34. The minimum absolute atomic E-state index is 0.0554. The van der Waals surface area contributed by atoms with E-state index < -0.39 is 5.97 Å². The topological polar surface area (TPSA) is 60.8 Å². The van der Waals surface area contributed by atoms with Crippen LogP contribution in [0, 0.1) is 5.92 Å². The van der Waals surface area contributed by atoms with Gasteiger partial charge in [0.2, 0.25) is 0 Å². The Morgan fingerprint density at radius 3 is 2.59 bits per heavy atom. The summed E-state index contributed by atoms with van der Waals surface area (Å²) in [4.78, 5) is 12.6. The highest BCUT2D eigenvalue weighted by Gasteiger charge is 2.33. The van der Waals surface area contributed by atoms with Gasteiger partial charge < -0.3 is 10.2 Å². The number of rotatable bonds is 4. The molecular formula is C13H17NO3. The summed E-state index contributed by atoms with van der Waals surface area (Å²) in [6.45, 7) is 1.53. The van der Waals surface area contributed by atoms with E-state index in [9.17, 15) is 9.90 Å². The molecule has 17 heavy (non-hydrogen) atoms. The summed E-state index contributed by atoms with van der Waals surface area (Å²) in [7, 11) is 0. The molecule has 0 radical (unpaired) electrons. The number of carbonyl (C=O) groups is 1. The predicted octanol–water partition coefficient (Wildman–Crippen LogP) is 0.779. The molecule has 0 bridgehead atoms. The van der Waals surface area contributed by atoms with E-state index in [-0.39, 0.29) is 25.0 Å². The van der Waals surface area contributed by atoms with Gasteiger partial charge in [0.05, 0.1) is 6.54 Å². The zero-order valence-electron chi connectivity index (χ0n) is 9.62. The average molecular weight is 235 g/mol. The van der Waals surface area contributed by atoms with Crippen LogP contribution in [0.4, 0.5) is 0 Å². The second-order valence-electron chi connectivity index (χ2n) is 4.55. The molecule has 92 valence electrons. The van der Waals surface area contributed by atoms with Gasteiger partial charge in [-0.25, -0.2) is 0 Å². The molecule has 4 nitrogen and oxygen atoms in total. The minimum Gasteiger partial charge on any atom is -0.480 e. The molecule has 1 aromatic rings. The van der Waals surface area contributed by atoms with Gasteiger partial charge in [-0.05, 0) is 5.56 Å². The number of likely N-dealkylation sites (tertiary alicyclic amines) is 1. The maximum Gasteiger partial charge on any atom is 0.317 e. The molecule has 0 saturated carbocycles. The van der Waals surface area contributed by atoms with Crippen LogP contribution in [0.3, 0.4) is 0 Å². The normalized spacial score (nSPS) is 25.0. The number of nitrogens with zero attached hydrogens (tertiary/aromatic N) is 1. The fourth-order valence-electron chi connectivity index (χ4n) is 2.54.